The topological polar surface area (TPSA) is 42.2 Å². The number of nitrogens with two attached hydrogens (primary N) is 1. The number of halogens is 1. The Morgan fingerprint density at radius 3 is 2.67 bits per heavy atom. The van der Waals surface area contributed by atoms with Crippen molar-refractivity contribution in [3.63, 3.8) is 0 Å². The summed E-state index contributed by atoms with van der Waals surface area (Å²) in [6, 6.07) is 6.90. The lowest BCUT2D eigenvalue weighted by Gasteiger charge is -2.38. The van der Waals surface area contributed by atoms with Gasteiger partial charge in [-0.25, -0.2) is 9.37 Å². The maximum absolute atomic E-state index is 13.9. The molecular weight excluding hydrogens is 285 g/mol. The summed E-state index contributed by atoms with van der Waals surface area (Å²) in [5.74, 6) is -0.167. The van der Waals surface area contributed by atoms with Gasteiger partial charge in [0, 0.05) is 23.5 Å². The standard InChI is InChI=1S/C16H22FN3S/c1-12-15(21-11-19-12)9-20(3)16(2,10-18)8-13-6-4-5-7-14(13)17/h4-7,11H,8-10,18H2,1-3H3. The highest BCUT2D eigenvalue weighted by atomic mass is 32.1. The summed E-state index contributed by atoms with van der Waals surface area (Å²) in [4.78, 5) is 7.70. The first kappa shape index (κ1) is 16.1. The molecule has 0 aliphatic carbocycles. The maximum atomic E-state index is 13.9. The van der Waals surface area contributed by atoms with E-state index in [0.717, 1.165) is 12.2 Å². The molecule has 1 unspecified atom stereocenters. The van der Waals surface area contributed by atoms with Crippen molar-refractivity contribution in [1.29, 1.82) is 0 Å². The van der Waals surface area contributed by atoms with Crippen LogP contribution in [0.4, 0.5) is 4.39 Å². The minimum absolute atomic E-state index is 0.167. The minimum Gasteiger partial charge on any atom is -0.329 e. The Hall–Kier alpha value is -1.30. The monoisotopic (exact) mass is 307 g/mol. The fraction of sp³-hybridized carbons (Fsp3) is 0.438. The molecule has 1 atom stereocenters. The first-order valence-corrected chi connectivity index (χ1v) is 7.88. The Morgan fingerprint density at radius 2 is 2.10 bits per heavy atom. The van der Waals surface area contributed by atoms with Crippen molar-refractivity contribution in [2.24, 2.45) is 5.73 Å². The number of aromatic nitrogens is 1. The molecule has 2 rings (SSSR count). The number of rotatable bonds is 6. The second-order valence-electron chi connectivity index (χ2n) is 5.69. The highest BCUT2D eigenvalue weighted by Gasteiger charge is 2.29. The van der Waals surface area contributed by atoms with Gasteiger partial charge in [-0.05, 0) is 38.9 Å². The maximum Gasteiger partial charge on any atom is 0.126 e. The first-order chi connectivity index (χ1) is 9.96. The summed E-state index contributed by atoms with van der Waals surface area (Å²) in [7, 11) is 2.03. The number of nitrogens with zero attached hydrogens (tertiary/aromatic N) is 2. The van der Waals surface area contributed by atoms with Crippen molar-refractivity contribution in [2.75, 3.05) is 13.6 Å². The van der Waals surface area contributed by atoms with E-state index in [1.54, 1.807) is 17.4 Å². The van der Waals surface area contributed by atoms with Crippen LogP contribution < -0.4 is 5.73 Å². The Labute approximate surface area is 129 Å². The zero-order valence-electron chi connectivity index (χ0n) is 12.8. The number of hydrogen-bond acceptors (Lipinski definition) is 4. The van der Waals surface area contributed by atoms with Crippen molar-refractivity contribution in [1.82, 2.24) is 9.88 Å². The molecule has 1 aromatic heterocycles. The molecule has 0 saturated carbocycles. The normalized spacial score (nSPS) is 14.4. The first-order valence-electron chi connectivity index (χ1n) is 7.00. The van der Waals surface area contributed by atoms with Gasteiger partial charge in [-0.1, -0.05) is 18.2 Å². The van der Waals surface area contributed by atoms with E-state index in [1.807, 2.05) is 31.6 Å². The van der Waals surface area contributed by atoms with Gasteiger partial charge in [0.2, 0.25) is 0 Å². The van der Waals surface area contributed by atoms with Crippen LogP contribution in [0.2, 0.25) is 0 Å². The van der Waals surface area contributed by atoms with E-state index >= 15 is 0 Å². The second-order valence-corrected chi connectivity index (χ2v) is 6.63. The van der Waals surface area contributed by atoms with E-state index in [1.165, 1.54) is 10.9 Å². The summed E-state index contributed by atoms with van der Waals surface area (Å²) < 4.78 is 13.9. The van der Waals surface area contributed by atoms with Gasteiger partial charge in [-0.3, -0.25) is 4.90 Å². The van der Waals surface area contributed by atoms with Crippen molar-refractivity contribution in [2.45, 2.75) is 32.4 Å². The molecule has 21 heavy (non-hydrogen) atoms. The van der Waals surface area contributed by atoms with Crippen LogP contribution in [0.1, 0.15) is 23.1 Å². The minimum atomic E-state index is -0.293. The zero-order valence-corrected chi connectivity index (χ0v) is 13.6. The summed E-state index contributed by atoms with van der Waals surface area (Å²) >= 11 is 1.65. The number of benzene rings is 1. The molecule has 0 saturated heterocycles. The third kappa shape index (κ3) is 3.67. The Morgan fingerprint density at radius 1 is 1.38 bits per heavy atom. The van der Waals surface area contributed by atoms with Crippen LogP contribution in [0.5, 0.6) is 0 Å². The average Bonchev–Trinajstić information content (AvgIpc) is 2.86. The summed E-state index contributed by atoms with van der Waals surface area (Å²) in [6.45, 7) is 5.33. The highest BCUT2D eigenvalue weighted by Crippen LogP contribution is 2.24. The molecule has 0 aliphatic heterocycles. The number of aryl methyl sites for hydroxylation is 1. The fourth-order valence-corrected chi connectivity index (χ4v) is 3.13. The van der Waals surface area contributed by atoms with E-state index in [9.17, 15) is 4.39 Å². The van der Waals surface area contributed by atoms with Crippen molar-refractivity contribution in [3.05, 3.63) is 51.7 Å². The molecule has 2 aromatic rings. The summed E-state index contributed by atoms with van der Waals surface area (Å²) in [5, 5.41) is 0. The number of thiazole rings is 1. The molecule has 3 nitrogen and oxygen atoms in total. The molecular formula is C16H22FN3S. The van der Waals surface area contributed by atoms with Crippen LogP contribution in [0, 0.1) is 12.7 Å². The van der Waals surface area contributed by atoms with Crippen LogP contribution in [0.3, 0.4) is 0 Å². The van der Waals surface area contributed by atoms with Crippen molar-refractivity contribution >= 4 is 11.3 Å². The van der Waals surface area contributed by atoms with Gasteiger partial charge in [0.1, 0.15) is 5.82 Å². The van der Waals surface area contributed by atoms with Gasteiger partial charge >= 0.3 is 0 Å². The van der Waals surface area contributed by atoms with Crippen molar-refractivity contribution < 1.29 is 4.39 Å². The second kappa shape index (κ2) is 6.64. The third-order valence-corrected chi connectivity index (χ3v) is 5.04. The predicted molar refractivity (Wildman–Crippen MR) is 85.9 cm³/mol. The van der Waals surface area contributed by atoms with E-state index in [4.69, 9.17) is 5.73 Å². The molecule has 0 amide bonds. The molecule has 0 radical (unpaired) electrons. The molecule has 0 fully saturated rings. The third-order valence-electron chi connectivity index (χ3n) is 4.12. The van der Waals surface area contributed by atoms with Crippen LogP contribution >= 0.6 is 11.3 Å². The van der Waals surface area contributed by atoms with Gasteiger partial charge in [0.25, 0.3) is 0 Å². The van der Waals surface area contributed by atoms with Gasteiger partial charge in [-0.2, -0.15) is 0 Å². The Bertz CT molecular complexity index is 599. The average molecular weight is 307 g/mol. The molecule has 0 spiro atoms. The Balaban J connectivity index is 2.16. The van der Waals surface area contributed by atoms with Crippen LogP contribution in [0.25, 0.3) is 0 Å². The number of hydrogen-bond donors (Lipinski definition) is 1. The Kier molecular flexibility index (Phi) is 5.08. The van der Waals surface area contributed by atoms with E-state index < -0.39 is 0 Å². The molecule has 0 bridgehead atoms. The largest absolute Gasteiger partial charge is 0.329 e. The van der Waals surface area contributed by atoms with Crippen LogP contribution in [0.15, 0.2) is 29.8 Å². The van der Waals surface area contributed by atoms with E-state index in [0.29, 0.717) is 18.5 Å². The van der Waals surface area contributed by atoms with Crippen LogP contribution in [-0.4, -0.2) is 29.0 Å². The zero-order chi connectivity index (χ0) is 15.5. The lowest BCUT2D eigenvalue weighted by Crippen LogP contribution is -2.51. The van der Waals surface area contributed by atoms with E-state index in [-0.39, 0.29) is 11.4 Å². The molecule has 0 aliphatic rings. The lowest BCUT2D eigenvalue weighted by molar-refractivity contribution is 0.136. The molecule has 2 N–H and O–H groups in total. The van der Waals surface area contributed by atoms with E-state index in [2.05, 4.69) is 16.8 Å². The van der Waals surface area contributed by atoms with Gasteiger partial charge < -0.3 is 5.73 Å². The molecule has 1 aromatic carbocycles. The van der Waals surface area contributed by atoms with Gasteiger partial charge in [0.15, 0.2) is 0 Å². The smallest absolute Gasteiger partial charge is 0.126 e. The van der Waals surface area contributed by atoms with Crippen molar-refractivity contribution in [3.8, 4) is 0 Å². The van der Waals surface area contributed by atoms with Gasteiger partial charge in [-0.15, -0.1) is 11.3 Å². The predicted octanol–water partition coefficient (Wildman–Crippen LogP) is 2.98. The quantitative estimate of drug-likeness (QED) is 0.892. The fourth-order valence-electron chi connectivity index (χ4n) is 2.30. The number of likely N-dealkylation sites (N-methyl/N-ethyl adjacent to an activating group) is 1. The summed E-state index contributed by atoms with van der Waals surface area (Å²) in [6.07, 6.45) is 0.588. The molecule has 5 heteroatoms. The summed E-state index contributed by atoms with van der Waals surface area (Å²) in [5.41, 5.74) is 9.32. The SMILES string of the molecule is Cc1ncsc1CN(C)C(C)(CN)Cc1ccccc1F. The lowest BCUT2D eigenvalue weighted by atomic mass is 9.91. The highest BCUT2D eigenvalue weighted by molar-refractivity contribution is 7.09. The van der Waals surface area contributed by atoms with Crippen LogP contribution in [-0.2, 0) is 13.0 Å². The van der Waals surface area contributed by atoms with Gasteiger partial charge in [0.05, 0.1) is 11.2 Å². The molecule has 114 valence electrons. The molecule has 1 heterocycles.